The minimum absolute atomic E-state index is 0.101. The van der Waals surface area contributed by atoms with E-state index in [-0.39, 0.29) is 6.04 Å². The molecular weight excluding hydrogens is 244 g/mol. The van der Waals surface area contributed by atoms with E-state index in [4.69, 9.17) is 0 Å². The van der Waals surface area contributed by atoms with Crippen molar-refractivity contribution in [1.29, 1.82) is 0 Å². The van der Waals surface area contributed by atoms with E-state index in [1.807, 2.05) is 11.8 Å². The van der Waals surface area contributed by atoms with Crippen LogP contribution in [0.4, 0.5) is 0 Å². The minimum Gasteiger partial charge on any atom is -0.340 e. The highest BCUT2D eigenvalue weighted by Gasteiger charge is 2.28. The largest absolute Gasteiger partial charge is 0.340 e. The van der Waals surface area contributed by atoms with Gasteiger partial charge in [-0.25, -0.2) is 0 Å². The van der Waals surface area contributed by atoms with Gasteiger partial charge in [0.1, 0.15) is 0 Å². The van der Waals surface area contributed by atoms with Gasteiger partial charge in [0.05, 0.1) is 6.04 Å². The van der Waals surface area contributed by atoms with E-state index in [1.54, 1.807) is 0 Å². The molecule has 3 nitrogen and oxygen atoms in total. The molecule has 0 aliphatic carbocycles. The van der Waals surface area contributed by atoms with Crippen molar-refractivity contribution < 1.29 is 4.79 Å². The van der Waals surface area contributed by atoms with Crippen molar-refractivity contribution in [2.75, 3.05) is 25.4 Å². The second-order valence-corrected chi connectivity index (χ2v) is 6.94. The number of carbonyl (C=O) groups is 1. The smallest absolute Gasteiger partial charge is 0.239 e. The number of likely N-dealkylation sites (tertiary alicyclic amines) is 1. The second-order valence-electron chi connectivity index (χ2n) is 5.36. The van der Waals surface area contributed by atoms with Crippen molar-refractivity contribution in [2.45, 2.75) is 56.7 Å². The molecule has 0 bridgehead atoms. The van der Waals surface area contributed by atoms with Crippen LogP contribution in [0.1, 0.15) is 45.4 Å². The molecule has 2 atom stereocenters. The molecular formula is C14H26N2OS. The number of amides is 1. The first-order chi connectivity index (χ1) is 8.81. The molecule has 104 valence electrons. The number of thioether (sulfide) groups is 1. The summed E-state index contributed by atoms with van der Waals surface area (Å²) in [6.45, 7) is 5.16. The Morgan fingerprint density at radius 3 is 2.83 bits per heavy atom. The third-order valence-corrected chi connectivity index (χ3v) is 5.14. The van der Waals surface area contributed by atoms with Gasteiger partial charge in [-0.05, 0) is 38.0 Å². The first-order valence-corrected chi connectivity index (χ1v) is 8.50. The standard InChI is InChI=1S/C14H26N2OS/c1-2-18-12-7-4-6-10-16(11-12)14(17)13-8-3-5-9-15-13/h12-13,15H,2-11H2,1H3. The topological polar surface area (TPSA) is 32.3 Å². The van der Waals surface area contributed by atoms with Crippen molar-refractivity contribution in [3.8, 4) is 0 Å². The zero-order valence-corrected chi connectivity index (χ0v) is 12.3. The molecule has 1 amide bonds. The molecule has 2 rings (SSSR count). The first kappa shape index (κ1) is 14.2. The van der Waals surface area contributed by atoms with Gasteiger partial charge in [-0.2, -0.15) is 11.8 Å². The van der Waals surface area contributed by atoms with Gasteiger partial charge in [-0.3, -0.25) is 4.79 Å². The Balaban J connectivity index is 1.90. The molecule has 2 heterocycles. The molecule has 0 aromatic rings. The van der Waals surface area contributed by atoms with Gasteiger partial charge in [-0.1, -0.05) is 19.8 Å². The van der Waals surface area contributed by atoms with Gasteiger partial charge < -0.3 is 10.2 Å². The summed E-state index contributed by atoms with van der Waals surface area (Å²) in [5, 5.41) is 4.04. The maximum absolute atomic E-state index is 12.5. The second kappa shape index (κ2) is 7.39. The summed E-state index contributed by atoms with van der Waals surface area (Å²) >= 11 is 2.02. The molecule has 2 aliphatic heterocycles. The van der Waals surface area contributed by atoms with Gasteiger partial charge in [0.15, 0.2) is 0 Å². The number of nitrogens with zero attached hydrogens (tertiary/aromatic N) is 1. The van der Waals surface area contributed by atoms with E-state index in [1.165, 1.54) is 32.1 Å². The molecule has 4 heteroatoms. The number of nitrogens with one attached hydrogen (secondary N) is 1. The van der Waals surface area contributed by atoms with Crippen LogP contribution in [0.15, 0.2) is 0 Å². The highest BCUT2D eigenvalue weighted by Crippen LogP contribution is 2.23. The Morgan fingerprint density at radius 1 is 1.28 bits per heavy atom. The van der Waals surface area contributed by atoms with Gasteiger partial charge in [0.2, 0.25) is 5.91 Å². The highest BCUT2D eigenvalue weighted by atomic mass is 32.2. The van der Waals surface area contributed by atoms with Crippen LogP contribution < -0.4 is 5.32 Å². The van der Waals surface area contributed by atoms with E-state index in [2.05, 4.69) is 17.1 Å². The lowest BCUT2D eigenvalue weighted by Gasteiger charge is -2.30. The van der Waals surface area contributed by atoms with Crippen molar-refractivity contribution >= 4 is 17.7 Å². The average Bonchev–Trinajstić information content (AvgIpc) is 2.65. The van der Waals surface area contributed by atoms with Crippen molar-refractivity contribution in [1.82, 2.24) is 10.2 Å². The van der Waals surface area contributed by atoms with Crippen LogP contribution in [0.5, 0.6) is 0 Å². The summed E-state index contributed by atoms with van der Waals surface area (Å²) in [4.78, 5) is 14.6. The van der Waals surface area contributed by atoms with E-state index in [9.17, 15) is 4.79 Å². The SMILES string of the molecule is CCSC1CCCCN(C(=O)C2CCCCN2)C1. The molecule has 0 aromatic heterocycles. The fraction of sp³-hybridized carbons (Fsp3) is 0.929. The number of hydrogen-bond acceptors (Lipinski definition) is 3. The monoisotopic (exact) mass is 270 g/mol. The molecule has 0 spiro atoms. The Hall–Kier alpha value is -0.220. The van der Waals surface area contributed by atoms with Crippen molar-refractivity contribution in [3.63, 3.8) is 0 Å². The molecule has 18 heavy (non-hydrogen) atoms. The van der Waals surface area contributed by atoms with Crippen molar-refractivity contribution in [2.24, 2.45) is 0 Å². The summed E-state index contributed by atoms with van der Waals surface area (Å²) in [6, 6.07) is 0.101. The fourth-order valence-corrected chi connectivity index (χ4v) is 4.05. The molecule has 0 radical (unpaired) electrons. The Bertz CT molecular complexity index is 267. The minimum atomic E-state index is 0.101. The van der Waals surface area contributed by atoms with Crippen LogP contribution in [0, 0.1) is 0 Å². The third-order valence-electron chi connectivity index (χ3n) is 3.95. The predicted molar refractivity (Wildman–Crippen MR) is 78.0 cm³/mol. The summed E-state index contributed by atoms with van der Waals surface area (Å²) in [7, 11) is 0. The summed E-state index contributed by atoms with van der Waals surface area (Å²) < 4.78 is 0. The Kier molecular flexibility index (Phi) is 5.83. The Labute approximate surface area is 115 Å². The lowest BCUT2D eigenvalue weighted by molar-refractivity contribution is -0.133. The van der Waals surface area contributed by atoms with E-state index in [0.29, 0.717) is 11.2 Å². The van der Waals surface area contributed by atoms with E-state index >= 15 is 0 Å². The first-order valence-electron chi connectivity index (χ1n) is 7.45. The van der Waals surface area contributed by atoms with Crippen molar-refractivity contribution in [3.05, 3.63) is 0 Å². The normalized spacial score (nSPS) is 29.9. The summed E-state index contributed by atoms with van der Waals surface area (Å²) in [5.74, 6) is 1.52. The van der Waals surface area contributed by atoms with Crippen LogP contribution in [0.3, 0.4) is 0 Å². The zero-order valence-electron chi connectivity index (χ0n) is 11.5. The third kappa shape index (κ3) is 3.89. The summed E-state index contributed by atoms with van der Waals surface area (Å²) in [5.41, 5.74) is 0. The maximum Gasteiger partial charge on any atom is 0.239 e. The zero-order chi connectivity index (χ0) is 12.8. The predicted octanol–water partition coefficient (Wildman–Crippen LogP) is 2.26. The molecule has 2 aliphatic rings. The number of hydrogen-bond donors (Lipinski definition) is 1. The average molecular weight is 270 g/mol. The lowest BCUT2D eigenvalue weighted by atomic mass is 10.0. The van der Waals surface area contributed by atoms with Gasteiger partial charge in [0, 0.05) is 18.3 Å². The Morgan fingerprint density at radius 2 is 2.11 bits per heavy atom. The molecule has 0 saturated carbocycles. The fourth-order valence-electron chi connectivity index (χ4n) is 2.96. The molecule has 0 aromatic carbocycles. The van der Waals surface area contributed by atoms with Gasteiger partial charge >= 0.3 is 0 Å². The van der Waals surface area contributed by atoms with E-state index in [0.717, 1.165) is 31.8 Å². The maximum atomic E-state index is 12.5. The lowest BCUT2D eigenvalue weighted by Crippen LogP contribution is -2.49. The molecule has 2 saturated heterocycles. The van der Waals surface area contributed by atoms with Crippen LogP contribution in [-0.2, 0) is 4.79 Å². The van der Waals surface area contributed by atoms with Crippen LogP contribution in [0.25, 0.3) is 0 Å². The number of rotatable bonds is 3. The molecule has 2 fully saturated rings. The van der Waals surface area contributed by atoms with Crippen LogP contribution in [-0.4, -0.2) is 47.5 Å². The highest BCUT2D eigenvalue weighted by molar-refractivity contribution is 7.99. The van der Waals surface area contributed by atoms with E-state index < -0.39 is 0 Å². The molecule has 2 unspecified atom stereocenters. The quantitative estimate of drug-likeness (QED) is 0.854. The summed E-state index contributed by atoms with van der Waals surface area (Å²) in [6.07, 6.45) is 7.18. The van der Waals surface area contributed by atoms with Crippen LogP contribution in [0.2, 0.25) is 0 Å². The molecule has 1 N–H and O–H groups in total. The van der Waals surface area contributed by atoms with Gasteiger partial charge in [0.25, 0.3) is 0 Å². The number of carbonyl (C=O) groups excluding carboxylic acids is 1. The van der Waals surface area contributed by atoms with Gasteiger partial charge in [-0.15, -0.1) is 0 Å². The van der Waals surface area contributed by atoms with Crippen LogP contribution >= 0.6 is 11.8 Å². The number of piperidine rings is 1.